The fourth-order valence-electron chi connectivity index (χ4n) is 4.83. The molecule has 0 fully saturated rings. The van der Waals surface area contributed by atoms with Crippen LogP contribution in [0.15, 0.2) is 160 Å². The average molecular weight is 562 g/mol. The third-order valence-electron chi connectivity index (χ3n) is 7.18. The second-order valence-corrected chi connectivity index (χ2v) is 11.3. The molecule has 2 N–H and O–H groups in total. The van der Waals surface area contributed by atoms with Crippen LogP contribution in [0.25, 0.3) is 16.8 Å². The third-order valence-corrected chi connectivity index (χ3v) is 8.37. The number of aryl methyl sites for hydroxylation is 1. The highest BCUT2D eigenvalue weighted by Crippen LogP contribution is 2.32. The Morgan fingerprint density at radius 1 is 0.714 bits per heavy atom. The van der Waals surface area contributed by atoms with Crippen LogP contribution in [0.2, 0.25) is 0 Å². The van der Waals surface area contributed by atoms with Crippen LogP contribution in [0.4, 0.5) is 5.69 Å². The first-order valence-corrected chi connectivity index (χ1v) is 14.8. The summed E-state index contributed by atoms with van der Waals surface area (Å²) in [5, 5.41) is 12.5. The number of rotatable bonds is 9. The fraction of sp³-hybridized carbons (Fsp3) is 0.0526. The van der Waals surface area contributed by atoms with Crippen molar-refractivity contribution in [2.24, 2.45) is 4.99 Å². The standard InChI is InChI=1S/C38H31N3S/c1-27-8-5-6-12-38(27)42-34-23-21-29(22-24-34)28-13-15-30(16-14-28)35(39)26-37(41-33-9-3-2-4-10-33)32-19-17-31(18-20-32)36-11-7-25-40-36/h2-24,26,39,41H,25H2,1H3/b37-26-,39-35?. The van der Waals surface area contributed by atoms with Crippen LogP contribution >= 0.6 is 11.8 Å². The van der Waals surface area contributed by atoms with Crippen LogP contribution in [-0.4, -0.2) is 18.0 Å². The van der Waals surface area contributed by atoms with Crippen molar-refractivity contribution in [2.45, 2.75) is 16.7 Å². The van der Waals surface area contributed by atoms with Crippen LogP contribution in [0, 0.1) is 12.3 Å². The van der Waals surface area contributed by atoms with E-state index in [1.165, 1.54) is 15.4 Å². The van der Waals surface area contributed by atoms with Crippen molar-refractivity contribution in [1.82, 2.24) is 0 Å². The van der Waals surface area contributed by atoms with Crippen LogP contribution < -0.4 is 5.32 Å². The zero-order valence-electron chi connectivity index (χ0n) is 23.4. The van der Waals surface area contributed by atoms with Gasteiger partial charge >= 0.3 is 0 Å². The number of nitrogens with one attached hydrogen (secondary N) is 2. The molecule has 0 bridgehead atoms. The van der Waals surface area contributed by atoms with Crippen LogP contribution in [0.1, 0.15) is 22.3 Å². The van der Waals surface area contributed by atoms with Crippen LogP contribution in [0.5, 0.6) is 0 Å². The topological polar surface area (TPSA) is 48.2 Å². The van der Waals surface area contributed by atoms with Crippen molar-refractivity contribution in [3.05, 3.63) is 168 Å². The maximum Gasteiger partial charge on any atom is 0.0647 e. The van der Waals surface area contributed by atoms with Crippen molar-refractivity contribution >= 4 is 34.6 Å². The van der Waals surface area contributed by atoms with Crippen molar-refractivity contribution in [3.63, 3.8) is 0 Å². The maximum absolute atomic E-state index is 8.93. The molecule has 0 amide bonds. The predicted molar refractivity (Wildman–Crippen MR) is 179 cm³/mol. The first kappa shape index (κ1) is 27.3. The molecular weight excluding hydrogens is 531 g/mol. The van der Waals surface area contributed by atoms with Gasteiger partial charge in [-0.1, -0.05) is 115 Å². The van der Waals surface area contributed by atoms with Crippen LogP contribution in [0.3, 0.4) is 0 Å². The molecule has 1 aliphatic heterocycles. The van der Waals surface area contributed by atoms with Gasteiger partial charge in [0.25, 0.3) is 0 Å². The zero-order valence-corrected chi connectivity index (χ0v) is 24.2. The van der Waals surface area contributed by atoms with Crippen molar-refractivity contribution in [2.75, 3.05) is 11.9 Å². The molecule has 4 heteroatoms. The molecule has 3 nitrogen and oxygen atoms in total. The molecule has 204 valence electrons. The molecule has 0 radical (unpaired) electrons. The normalized spacial score (nSPS) is 12.7. The lowest BCUT2D eigenvalue weighted by atomic mass is 10.0. The van der Waals surface area contributed by atoms with Crippen molar-refractivity contribution in [3.8, 4) is 11.1 Å². The molecule has 0 unspecified atom stereocenters. The summed E-state index contributed by atoms with van der Waals surface area (Å²) in [6, 6.07) is 43.8. The first-order valence-electron chi connectivity index (χ1n) is 14.0. The molecule has 6 rings (SSSR count). The van der Waals surface area contributed by atoms with E-state index in [0.29, 0.717) is 5.71 Å². The summed E-state index contributed by atoms with van der Waals surface area (Å²) < 4.78 is 0. The Labute approximate surface area is 251 Å². The lowest BCUT2D eigenvalue weighted by Crippen LogP contribution is -2.04. The van der Waals surface area contributed by atoms with Gasteiger partial charge in [0, 0.05) is 21.2 Å². The quantitative estimate of drug-likeness (QED) is 0.176. The molecule has 0 saturated carbocycles. The van der Waals surface area contributed by atoms with E-state index in [2.05, 4.69) is 114 Å². The Bertz CT molecular complexity index is 1780. The molecule has 42 heavy (non-hydrogen) atoms. The summed E-state index contributed by atoms with van der Waals surface area (Å²) in [5.41, 5.74) is 9.84. The molecule has 1 heterocycles. The molecule has 5 aromatic rings. The van der Waals surface area contributed by atoms with E-state index in [1.54, 1.807) is 11.8 Å². The monoisotopic (exact) mass is 561 g/mol. The van der Waals surface area contributed by atoms with E-state index in [4.69, 9.17) is 5.41 Å². The minimum absolute atomic E-state index is 0.442. The summed E-state index contributed by atoms with van der Waals surface area (Å²) in [4.78, 5) is 7.02. The SMILES string of the molecule is Cc1ccccc1Sc1ccc(-c2ccc(C(=N)/C=C(\Nc3ccccc3)c3ccc(C4=NCC=C4)cc3)cc2)cc1. The molecule has 5 aromatic carbocycles. The number of allylic oxidation sites excluding steroid dienone is 2. The van der Waals surface area contributed by atoms with Crippen LogP contribution in [-0.2, 0) is 0 Å². The van der Waals surface area contributed by atoms with Crippen molar-refractivity contribution in [1.29, 1.82) is 5.41 Å². The summed E-state index contributed by atoms with van der Waals surface area (Å²) in [7, 11) is 0. The highest BCUT2D eigenvalue weighted by atomic mass is 32.2. The summed E-state index contributed by atoms with van der Waals surface area (Å²) in [5.74, 6) is 0. The molecule has 0 atom stereocenters. The second-order valence-electron chi connectivity index (χ2n) is 10.1. The Morgan fingerprint density at radius 3 is 2.00 bits per heavy atom. The average Bonchev–Trinajstić information content (AvgIpc) is 3.58. The molecule has 0 aromatic heterocycles. The first-order chi connectivity index (χ1) is 20.6. The predicted octanol–water partition coefficient (Wildman–Crippen LogP) is 9.69. The molecule has 1 aliphatic rings. The van der Waals surface area contributed by atoms with Gasteiger partial charge in [0.05, 0.1) is 18.0 Å². The van der Waals surface area contributed by atoms with E-state index in [1.807, 2.05) is 48.5 Å². The zero-order chi connectivity index (χ0) is 28.7. The van der Waals surface area contributed by atoms with E-state index in [0.717, 1.165) is 51.5 Å². The number of nitrogens with zero attached hydrogens (tertiary/aromatic N) is 1. The van der Waals surface area contributed by atoms with Gasteiger partial charge in [0.1, 0.15) is 0 Å². The number of benzene rings is 5. The van der Waals surface area contributed by atoms with Gasteiger partial charge in [-0.3, -0.25) is 4.99 Å². The molecule has 0 aliphatic carbocycles. The van der Waals surface area contributed by atoms with Gasteiger partial charge in [-0.15, -0.1) is 0 Å². The van der Waals surface area contributed by atoms with Crippen molar-refractivity contribution < 1.29 is 0 Å². The summed E-state index contributed by atoms with van der Waals surface area (Å²) >= 11 is 1.79. The Hall–Kier alpha value is -4.93. The molecule has 0 saturated heterocycles. The smallest absolute Gasteiger partial charge is 0.0647 e. The number of hydrogen-bond donors (Lipinski definition) is 2. The minimum Gasteiger partial charge on any atom is -0.355 e. The van der Waals surface area contributed by atoms with Gasteiger partial charge in [-0.2, -0.15) is 0 Å². The molecule has 0 spiro atoms. The van der Waals surface area contributed by atoms with Gasteiger partial charge < -0.3 is 10.7 Å². The number of hydrogen-bond acceptors (Lipinski definition) is 4. The summed E-state index contributed by atoms with van der Waals surface area (Å²) in [6.45, 7) is 2.89. The van der Waals surface area contributed by atoms with Gasteiger partial charge in [0.15, 0.2) is 0 Å². The van der Waals surface area contributed by atoms with Gasteiger partial charge in [0.2, 0.25) is 0 Å². The number of para-hydroxylation sites is 1. The van der Waals surface area contributed by atoms with Gasteiger partial charge in [-0.05, 0) is 82.8 Å². The Kier molecular flexibility index (Phi) is 8.25. The number of aliphatic imine (C=N–C) groups is 1. The van der Waals surface area contributed by atoms with E-state index in [-0.39, 0.29) is 0 Å². The minimum atomic E-state index is 0.442. The Balaban J connectivity index is 1.21. The summed E-state index contributed by atoms with van der Waals surface area (Å²) in [6.07, 6.45) is 6.03. The highest BCUT2D eigenvalue weighted by molar-refractivity contribution is 7.99. The lowest BCUT2D eigenvalue weighted by molar-refractivity contribution is 1.28. The van der Waals surface area contributed by atoms with E-state index >= 15 is 0 Å². The fourth-order valence-corrected chi connectivity index (χ4v) is 5.73. The third kappa shape index (κ3) is 6.51. The van der Waals surface area contributed by atoms with E-state index in [9.17, 15) is 0 Å². The maximum atomic E-state index is 8.93. The highest BCUT2D eigenvalue weighted by Gasteiger charge is 2.09. The van der Waals surface area contributed by atoms with E-state index < -0.39 is 0 Å². The lowest BCUT2D eigenvalue weighted by Gasteiger charge is -2.13. The number of anilines is 1. The largest absolute Gasteiger partial charge is 0.355 e. The second kappa shape index (κ2) is 12.7. The Morgan fingerprint density at radius 2 is 1.33 bits per heavy atom. The molecular formula is C38H31N3S. The van der Waals surface area contributed by atoms with Gasteiger partial charge in [-0.25, -0.2) is 0 Å².